The molecule has 0 unspecified atom stereocenters. The van der Waals surface area contributed by atoms with Crippen LogP contribution in [0.25, 0.3) is 0 Å². The highest BCUT2D eigenvalue weighted by molar-refractivity contribution is 9.10. The Labute approximate surface area is 167 Å². The van der Waals surface area contributed by atoms with E-state index in [9.17, 15) is 4.79 Å². The molecule has 1 saturated heterocycles. The van der Waals surface area contributed by atoms with Crippen molar-refractivity contribution in [3.8, 4) is 5.75 Å². The van der Waals surface area contributed by atoms with Gasteiger partial charge in [0.2, 0.25) is 0 Å². The summed E-state index contributed by atoms with van der Waals surface area (Å²) in [5.74, 6) is 0.323. The molecule has 6 heteroatoms. The van der Waals surface area contributed by atoms with Crippen LogP contribution in [0.3, 0.4) is 0 Å². The van der Waals surface area contributed by atoms with Crippen molar-refractivity contribution in [1.82, 2.24) is 10.2 Å². The summed E-state index contributed by atoms with van der Waals surface area (Å²) in [6, 6.07) is 15.6. The summed E-state index contributed by atoms with van der Waals surface area (Å²) in [5, 5.41) is 3.32. The van der Waals surface area contributed by atoms with Gasteiger partial charge >= 0.3 is 0 Å². The van der Waals surface area contributed by atoms with Gasteiger partial charge in [-0.3, -0.25) is 10.1 Å². The van der Waals surface area contributed by atoms with Crippen molar-refractivity contribution >= 4 is 39.2 Å². The summed E-state index contributed by atoms with van der Waals surface area (Å²) >= 11 is 8.78. The smallest absolute Gasteiger partial charge is 0.261 e. The number of hydrogen-bond acceptors (Lipinski definition) is 3. The highest BCUT2D eigenvalue weighted by atomic mass is 79.9. The predicted molar refractivity (Wildman–Crippen MR) is 111 cm³/mol. The van der Waals surface area contributed by atoms with Crippen LogP contribution in [0.15, 0.2) is 53.0 Å². The van der Waals surface area contributed by atoms with Crippen molar-refractivity contribution in [1.29, 1.82) is 0 Å². The van der Waals surface area contributed by atoms with E-state index in [0.29, 0.717) is 23.0 Å². The van der Waals surface area contributed by atoms with Gasteiger partial charge in [-0.1, -0.05) is 46.3 Å². The third kappa shape index (κ3) is 5.05. The lowest BCUT2D eigenvalue weighted by atomic mass is 10.1. The van der Waals surface area contributed by atoms with E-state index in [4.69, 9.17) is 17.0 Å². The molecule has 4 nitrogen and oxygen atoms in total. The van der Waals surface area contributed by atoms with E-state index in [-0.39, 0.29) is 5.91 Å². The highest BCUT2D eigenvalue weighted by Crippen LogP contribution is 2.24. The molecule has 0 saturated carbocycles. The molecule has 0 atom stereocenters. The quantitative estimate of drug-likeness (QED) is 0.719. The van der Waals surface area contributed by atoms with E-state index in [2.05, 4.69) is 33.4 Å². The van der Waals surface area contributed by atoms with Crippen molar-refractivity contribution in [2.45, 2.75) is 19.3 Å². The molecule has 3 rings (SSSR count). The van der Waals surface area contributed by atoms with Crippen molar-refractivity contribution in [3.05, 3.63) is 64.1 Å². The van der Waals surface area contributed by atoms with Crippen LogP contribution in [-0.2, 0) is 6.42 Å². The second-order valence-corrected chi connectivity index (χ2v) is 7.48. The lowest BCUT2D eigenvalue weighted by Crippen LogP contribution is -2.41. The molecular formula is C20H21BrN2O2S. The summed E-state index contributed by atoms with van der Waals surface area (Å²) in [5.41, 5.74) is 1.68. The largest absolute Gasteiger partial charge is 0.492 e. The molecule has 1 aliphatic heterocycles. The van der Waals surface area contributed by atoms with Crippen LogP contribution in [0, 0.1) is 0 Å². The molecule has 0 bridgehead atoms. The van der Waals surface area contributed by atoms with Crippen LogP contribution in [0.1, 0.15) is 28.8 Å². The topological polar surface area (TPSA) is 41.6 Å². The van der Waals surface area contributed by atoms with E-state index in [1.807, 2.05) is 35.2 Å². The minimum absolute atomic E-state index is 0.238. The van der Waals surface area contributed by atoms with Gasteiger partial charge in [0.25, 0.3) is 5.91 Å². The molecule has 1 amide bonds. The summed E-state index contributed by atoms with van der Waals surface area (Å²) in [7, 11) is 0. The normalized spacial score (nSPS) is 13.5. The maximum Gasteiger partial charge on any atom is 0.261 e. The Morgan fingerprint density at radius 1 is 1.15 bits per heavy atom. The van der Waals surface area contributed by atoms with Gasteiger partial charge in [0, 0.05) is 24.0 Å². The standard InChI is InChI=1S/C20H21BrN2O2S/c21-16-8-9-18(25-13-10-15-6-2-1-3-7-15)17(14-16)19(24)22-20(26)23-11-4-5-12-23/h1-3,6-9,14H,4-5,10-13H2,(H,22,24,26). The summed E-state index contributed by atoms with van der Waals surface area (Å²) in [6.07, 6.45) is 3.01. The van der Waals surface area contributed by atoms with E-state index < -0.39 is 0 Å². The summed E-state index contributed by atoms with van der Waals surface area (Å²) in [6.45, 7) is 2.30. The van der Waals surface area contributed by atoms with Crippen molar-refractivity contribution in [3.63, 3.8) is 0 Å². The van der Waals surface area contributed by atoms with Gasteiger partial charge in [-0.05, 0) is 48.8 Å². The molecular weight excluding hydrogens is 412 g/mol. The van der Waals surface area contributed by atoms with E-state index in [1.165, 1.54) is 5.56 Å². The van der Waals surface area contributed by atoms with E-state index in [1.54, 1.807) is 6.07 Å². The fourth-order valence-electron chi connectivity index (χ4n) is 2.89. The minimum atomic E-state index is -0.238. The van der Waals surface area contributed by atoms with Crippen LogP contribution >= 0.6 is 28.1 Å². The van der Waals surface area contributed by atoms with Crippen molar-refractivity contribution < 1.29 is 9.53 Å². The Morgan fingerprint density at radius 2 is 1.88 bits per heavy atom. The number of amides is 1. The first-order chi connectivity index (χ1) is 12.6. The molecule has 2 aromatic rings. The number of hydrogen-bond donors (Lipinski definition) is 1. The Morgan fingerprint density at radius 3 is 2.62 bits per heavy atom. The number of likely N-dealkylation sites (tertiary alicyclic amines) is 1. The number of carbonyl (C=O) groups excluding carboxylic acids is 1. The fourth-order valence-corrected chi connectivity index (χ4v) is 3.53. The highest BCUT2D eigenvalue weighted by Gasteiger charge is 2.19. The zero-order chi connectivity index (χ0) is 18.4. The minimum Gasteiger partial charge on any atom is -0.492 e. The molecule has 1 N–H and O–H groups in total. The van der Waals surface area contributed by atoms with Gasteiger partial charge < -0.3 is 9.64 Å². The molecule has 136 valence electrons. The SMILES string of the molecule is O=C(NC(=S)N1CCCC1)c1cc(Br)ccc1OCCc1ccccc1. The number of nitrogens with one attached hydrogen (secondary N) is 1. The predicted octanol–water partition coefficient (Wildman–Crippen LogP) is 4.18. The van der Waals surface area contributed by atoms with Crippen LogP contribution in [0.4, 0.5) is 0 Å². The molecule has 1 fully saturated rings. The molecule has 0 spiro atoms. The maximum atomic E-state index is 12.7. The van der Waals surface area contributed by atoms with Gasteiger partial charge in [-0.15, -0.1) is 0 Å². The molecule has 0 aliphatic carbocycles. The average molecular weight is 433 g/mol. The first-order valence-corrected chi connectivity index (χ1v) is 9.90. The molecule has 2 aromatic carbocycles. The second kappa shape index (κ2) is 9.14. The first kappa shape index (κ1) is 18.9. The van der Waals surface area contributed by atoms with Crippen molar-refractivity contribution in [2.24, 2.45) is 0 Å². The van der Waals surface area contributed by atoms with Gasteiger partial charge in [-0.25, -0.2) is 0 Å². The molecule has 1 aliphatic rings. The van der Waals surface area contributed by atoms with Crippen LogP contribution in [0.5, 0.6) is 5.75 Å². The lowest BCUT2D eigenvalue weighted by Gasteiger charge is -2.19. The third-order valence-corrected chi connectivity index (χ3v) is 5.14. The number of rotatable bonds is 5. The molecule has 26 heavy (non-hydrogen) atoms. The fraction of sp³-hybridized carbons (Fsp3) is 0.300. The Balaban J connectivity index is 1.64. The number of benzene rings is 2. The molecule has 0 aromatic heterocycles. The average Bonchev–Trinajstić information content (AvgIpc) is 3.18. The van der Waals surface area contributed by atoms with Crippen LogP contribution < -0.4 is 10.1 Å². The Hall–Kier alpha value is -1.92. The van der Waals surface area contributed by atoms with E-state index in [0.717, 1.165) is 36.8 Å². The number of ether oxygens (including phenoxy) is 1. The van der Waals surface area contributed by atoms with Gasteiger partial charge in [-0.2, -0.15) is 0 Å². The Bertz CT molecular complexity index is 777. The zero-order valence-electron chi connectivity index (χ0n) is 14.4. The van der Waals surface area contributed by atoms with Crippen molar-refractivity contribution in [2.75, 3.05) is 19.7 Å². The summed E-state index contributed by atoms with van der Waals surface area (Å²) in [4.78, 5) is 14.7. The monoisotopic (exact) mass is 432 g/mol. The third-order valence-electron chi connectivity index (χ3n) is 4.29. The number of nitrogens with zero attached hydrogens (tertiary/aromatic N) is 1. The lowest BCUT2D eigenvalue weighted by molar-refractivity contribution is 0.0970. The van der Waals surface area contributed by atoms with Gasteiger partial charge in [0.1, 0.15) is 5.75 Å². The van der Waals surface area contributed by atoms with Crippen LogP contribution in [0.2, 0.25) is 0 Å². The zero-order valence-corrected chi connectivity index (χ0v) is 16.8. The van der Waals surface area contributed by atoms with Crippen LogP contribution in [-0.4, -0.2) is 35.6 Å². The molecule has 0 radical (unpaired) electrons. The van der Waals surface area contributed by atoms with Gasteiger partial charge in [0.15, 0.2) is 5.11 Å². The Kier molecular flexibility index (Phi) is 6.63. The number of thiocarbonyl (C=S) groups is 1. The van der Waals surface area contributed by atoms with Gasteiger partial charge in [0.05, 0.1) is 12.2 Å². The first-order valence-electron chi connectivity index (χ1n) is 8.70. The number of halogens is 1. The van der Waals surface area contributed by atoms with E-state index >= 15 is 0 Å². The summed E-state index contributed by atoms with van der Waals surface area (Å²) < 4.78 is 6.71. The molecule has 1 heterocycles. The number of carbonyl (C=O) groups is 1. The second-order valence-electron chi connectivity index (χ2n) is 6.18. The maximum absolute atomic E-state index is 12.7.